The molecule has 1 aromatic heterocycles. The fourth-order valence-corrected chi connectivity index (χ4v) is 7.79. The van der Waals surface area contributed by atoms with Crippen molar-refractivity contribution in [2.45, 2.75) is 64.4 Å². The molecule has 40 heavy (non-hydrogen) atoms. The second kappa shape index (κ2) is 10.6. The molecule has 3 aromatic rings. The summed E-state index contributed by atoms with van der Waals surface area (Å²) in [5.41, 5.74) is 6.91. The number of hydrazone groups is 1. The van der Waals surface area contributed by atoms with Crippen LogP contribution in [0.5, 0.6) is 0 Å². The Morgan fingerprint density at radius 2 is 2.00 bits per heavy atom. The van der Waals surface area contributed by atoms with Gasteiger partial charge < -0.3 is 14.5 Å². The van der Waals surface area contributed by atoms with Crippen molar-refractivity contribution in [3.8, 4) is 0 Å². The van der Waals surface area contributed by atoms with Gasteiger partial charge in [0.2, 0.25) is 5.43 Å². The van der Waals surface area contributed by atoms with Gasteiger partial charge in [0, 0.05) is 23.0 Å². The maximum Gasteiger partial charge on any atom is 0.302 e. The van der Waals surface area contributed by atoms with E-state index in [0.717, 1.165) is 44.2 Å². The van der Waals surface area contributed by atoms with Crippen LogP contribution < -0.4 is 16.2 Å². The number of carbonyl (C=O) groups excluding carboxylic acids is 1. The van der Waals surface area contributed by atoms with Gasteiger partial charge in [0.15, 0.2) is 5.11 Å². The minimum absolute atomic E-state index is 0.00530. The van der Waals surface area contributed by atoms with Crippen LogP contribution in [0.3, 0.4) is 0 Å². The second-order valence-corrected chi connectivity index (χ2v) is 12.4. The van der Waals surface area contributed by atoms with Gasteiger partial charge in [0.05, 0.1) is 17.2 Å². The molecule has 0 bridgehead atoms. The molecule has 6 rings (SSSR count). The van der Waals surface area contributed by atoms with E-state index >= 15 is 0 Å². The first-order valence-electron chi connectivity index (χ1n) is 13.8. The van der Waals surface area contributed by atoms with Gasteiger partial charge in [-0.2, -0.15) is 5.10 Å². The van der Waals surface area contributed by atoms with E-state index in [4.69, 9.17) is 33.0 Å². The topological polar surface area (TPSA) is 92.9 Å². The van der Waals surface area contributed by atoms with Gasteiger partial charge in [-0.05, 0) is 116 Å². The highest BCUT2D eigenvalue weighted by Crippen LogP contribution is 2.61. The predicted molar refractivity (Wildman–Crippen MR) is 161 cm³/mol. The third-order valence-electron chi connectivity index (χ3n) is 9.34. The number of rotatable bonds is 4. The van der Waals surface area contributed by atoms with Crippen LogP contribution >= 0.6 is 23.8 Å². The van der Waals surface area contributed by atoms with Crippen molar-refractivity contribution in [3.05, 3.63) is 74.6 Å². The fraction of sp³-hybridized carbons (Fsp3) is 0.419. The number of hydrogen-bond acceptors (Lipinski definition) is 6. The molecule has 2 N–H and O–H groups in total. The molecule has 0 radical (unpaired) electrons. The number of thiocarbonyl (C=S) groups is 1. The fourth-order valence-electron chi connectivity index (χ4n) is 7.50. The number of anilines is 1. The van der Waals surface area contributed by atoms with Crippen LogP contribution in [-0.4, -0.2) is 23.4 Å². The first-order chi connectivity index (χ1) is 19.2. The molecular weight excluding hydrogens is 546 g/mol. The summed E-state index contributed by atoms with van der Waals surface area (Å²) < 4.78 is 11.7. The zero-order chi connectivity index (χ0) is 28.0. The highest BCUT2D eigenvalue weighted by molar-refractivity contribution is 7.80. The summed E-state index contributed by atoms with van der Waals surface area (Å²) in [6.45, 7) is 3.83. The Hall–Kier alpha value is -3.23. The minimum atomic E-state index is -0.185. The van der Waals surface area contributed by atoms with E-state index in [1.54, 1.807) is 24.3 Å². The standard InChI is InChI=1S/C31H32ClN3O4S/c1-17(36)39-28-10-9-26-23-8-3-18-13-27-25(14-24(18)22(23)11-12-31(26,28)2)29(37)19(16-38-27)15-33-35-30(40)34-21-6-4-20(32)5-7-21/h4-7,13-16,22-23,26,28H,3,8-12H2,1-2H3,(H2,34,35,40)/b33-15+/t22-,23+,26-,28-,31-/m0/s1. The zero-order valence-corrected chi connectivity index (χ0v) is 24.1. The van der Waals surface area contributed by atoms with Crippen LogP contribution in [0.1, 0.15) is 68.6 Å². The van der Waals surface area contributed by atoms with Crippen LogP contribution in [0, 0.1) is 17.3 Å². The maximum absolute atomic E-state index is 13.5. The van der Waals surface area contributed by atoms with E-state index in [2.05, 4.69) is 34.9 Å². The lowest BCUT2D eigenvalue weighted by Gasteiger charge is -2.50. The quantitative estimate of drug-likeness (QED) is 0.157. The first kappa shape index (κ1) is 27.0. The molecule has 0 unspecified atom stereocenters. The summed E-state index contributed by atoms with van der Waals surface area (Å²) >= 11 is 11.2. The van der Waals surface area contributed by atoms with Gasteiger partial charge in [-0.3, -0.25) is 15.0 Å². The van der Waals surface area contributed by atoms with Crippen LogP contribution in [0.15, 0.2) is 57.0 Å². The molecule has 7 nitrogen and oxygen atoms in total. The third kappa shape index (κ3) is 4.92. The average Bonchev–Trinajstić information content (AvgIpc) is 3.25. The number of hydrogen-bond donors (Lipinski definition) is 2. The lowest BCUT2D eigenvalue weighted by Crippen LogP contribution is -2.45. The van der Waals surface area contributed by atoms with E-state index in [1.165, 1.54) is 30.5 Å². The molecule has 2 fully saturated rings. The molecule has 0 amide bonds. The number of fused-ring (bicyclic) bond motifs is 6. The van der Waals surface area contributed by atoms with Gasteiger partial charge in [-0.15, -0.1) is 0 Å². The van der Waals surface area contributed by atoms with Crippen molar-refractivity contribution in [2.24, 2.45) is 22.4 Å². The molecule has 0 spiro atoms. The Labute approximate surface area is 243 Å². The molecule has 3 aliphatic carbocycles. The molecule has 2 aromatic carbocycles. The van der Waals surface area contributed by atoms with Crippen LogP contribution in [0.25, 0.3) is 11.0 Å². The highest BCUT2D eigenvalue weighted by Gasteiger charge is 2.56. The molecule has 0 aliphatic heterocycles. The first-order valence-corrected chi connectivity index (χ1v) is 14.6. The van der Waals surface area contributed by atoms with Gasteiger partial charge in [-0.25, -0.2) is 0 Å². The van der Waals surface area contributed by atoms with Crippen LogP contribution in [0.4, 0.5) is 5.69 Å². The van der Waals surface area contributed by atoms with Crippen molar-refractivity contribution in [2.75, 3.05) is 5.32 Å². The molecule has 208 valence electrons. The summed E-state index contributed by atoms with van der Waals surface area (Å²) in [5, 5.41) is 8.65. The largest absolute Gasteiger partial charge is 0.463 e. The van der Waals surface area contributed by atoms with Gasteiger partial charge in [-0.1, -0.05) is 18.5 Å². The number of carbonyl (C=O) groups is 1. The maximum atomic E-state index is 13.5. The average molecular weight is 578 g/mol. The molecule has 2 saturated carbocycles. The SMILES string of the molecule is CC(=O)O[C@H]1CC[C@H]2[C@@H]3CCc4cc5occ(/C=N/NC(=S)Nc6ccc(Cl)cc6)c(=O)c5cc4[C@H]3CC[C@]12C. The van der Waals surface area contributed by atoms with Crippen molar-refractivity contribution < 1.29 is 13.9 Å². The van der Waals surface area contributed by atoms with Crippen molar-refractivity contribution in [3.63, 3.8) is 0 Å². The van der Waals surface area contributed by atoms with Gasteiger partial charge >= 0.3 is 5.97 Å². The Morgan fingerprint density at radius 1 is 1.20 bits per heavy atom. The molecule has 0 saturated heterocycles. The van der Waals surface area contributed by atoms with Crippen LogP contribution in [0.2, 0.25) is 5.02 Å². The van der Waals surface area contributed by atoms with Crippen molar-refractivity contribution in [1.82, 2.24) is 5.43 Å². The second-order valence-electron chi connectivity index (χ2n) is 11.5. The summed E-state index contributed by atoms with van der Waals surface area (Å²) in [6, 6.07) is 11.2. The number of benzene rings is 2. The zero-order valence-electron chi connectivity index (χ0n) is 22.5. The normalized spacial score (nSPS) is 27.1. The van der Waals surface area contributed by atoms with Gasteiger partial charge in [0.1, 0.15) is 18.0 Å². The monoisotopic (exact) mass is 577 g/mol. The number of aryl methyl sites for hydroxylation is 1. The van der Waals surface area contributed by atoms with Gasteiger partial charge in [0.25, 0.3) is 0 Å². The lowest BCUT2D eigenvalue weighted by molar-refractivity contribution is -0.154. The number of nitrogens with zero attached hydrogens (tertiary/aromatic N) is 1. The van der Waals surface area contributed by atoms with E-state index < -0.39 is 0 Å². The Kier molecular flexibility index (Phi) is 7.17. The summed E-state index contributed by atoms with van der Waals surface area (Å²) in [6.07, 6.45) is 9.04. The number of esters is 1. The van der Waals surface area contributed by atoms with E-state index in [-0.39, 0.29) is 28.0 Å². The molecule has 3 aliphatic rings. The Balaban J connectivity index is 1.22. The summed E-state index contributed by atoms with van der Waals surface area (Å²) in [7, 11) is 0. The summed E-state index contributed by atoms with van der Waals surface area (Å²) in [5.74, 6) is 1.26. The van der Waals surface area contributed by atoms with Crippen molar-refractivity contribution in [1.29, 1.82) is 0 Å². The third-order valence-corrected chi connectivity index (χ3v) is 9.78. The molecule has 9 heteroatoms. The smallest absolute Gasteiger partial charge is 0.302 e. The summed E-state index contributed by atoms with van der Waals surface area (Å²) in [4.78, 5) is 25.2. The highest BCUT2D eigenvalue weighted by atomic mass is 35.5. The number of halogens is 1. The Morgan fingerprint density at radius 3 is 2.77 bits per heavy atom. The molecular formula is C31H32ClN3O4S. The van der Waals surface area contributed by atoms with E-state index in [0.29, 0.717) is 39.3 Å². The van der Waals surface area contributed by atoms with Crippen molar-refractivity contribution >= 4 is 57.8 Å². The molecule has 5 atom stereocenters. The number of ether oxygens (including phenoxy) is 1. The Bertz CT molecular complexity index is 1570. The van der Waals surface area contributed by atoms with E-state index in [9.17, 15) is 9.59 Å². The molecule has 1 heterocycles. The lowest BCUT2D eigenvalue weighted by atomic mass is 9.55. The predicted octanol–water partition coefficient (Wildman–Crippen LogP) is 6.55. The van der Waals surface area contributed by atoms with Crippen LogP contribution in [-0.2, 0) is 16.0 Å². The number of nitrogens with one attached hydrogen (secondary N) is 2. The van der Waals surface area contributed by atoms with E-state index in [1.807, 2.05) is 0 Å². The minimum Gasteiger partial charge on any atom is -0.463 e.